The second kappa shape index (κ2) is 9.23. The number of fused-ring (bicyclic) bond motifs is 1. The van der Waals surface area contributed by atoms with Crippen molar-refractivity contribution in [1.29, 1.82) is 0 Å². The lowest BCUT2D eigenvalue weighted by Crippen LogP contribution is -2.36. The van der Waals surface area contributed by atoms with Crippen LogP contribution in [0.4, 0.5) is 11.5 Å². The number of benzene rings is 1. The van der Waals surface area contributed by atoms with Crippen LogP contribution in [0.3, 0.4) is 0 Å². The number of ether oxygens (including phenoxy) is 1. The van der Waals surface area contributed by atoms with Gasteiger partial charge in [0.2, 0.25) is 0 Å². The molecule has 0 amide bonds. The van der Waals surface area contributed by atoms with Crippen LogP contribution in [0.5, 0.6) is 0 Å². The van der Waals surface area contributed by atoms with Crippen molar-refractivity contribution in [2.24, 2.45) is 0 Å². The number of anilines is 1. The Morgan fingerprint density at radius 2 is 1.97 bits per heavy atom. The van der Waals surface area contributed by atoms with Crippen LogP contribution in [-0.4, -0.2) is 57.7 Å². The normalized spacial score (nSPS) is 15.8. The number of nitro groups is 1. The van der Waals surface area contributed by atoms with Crippen LogP contribution in [0.2, 0.25) is 0 Å². The molecule has 1 unspecified atom stereocenters. The number of hydrogen-bond acceptors (Lipinski definition) is 9. The first-order chi connectivity index (χ1) is 14.9. The van der Waals surface area contributed by atoms with Crippen molar-refractivity contribution in [3.63, 3.8) is 0 Å². The summed E-state index contributed by atoms with van der Waals surface area (Å²) in [5.74, 6) is 1.44. The minimum absolute atomic E-state index is 0.00135. The van der Waals surface area contributed by atoms with Gasteiger partial charge in [-0.2, -0.15) is 0 Å². The lowest BCUT2D eigenvalue weighted by Gasteiger charge is -2.26. The fraction of sp³-hybridized carbons (Fsp3) is 0.429. The number of nitrogens with zero attached hydrogens (tertiary/aromatic N) is 4. The molecule has 4 rings (SSSR count). The number of aromatic nitrogens is 2. The van der Waals surface area contributed by atoms with Gasteiger partial charge < -0.3 is 15.2 Å². The van der Waals surface area contributed by atoms with E-state index in [4.69, 9.17) is 14.7 Å². The van der Waals surface area contributed by atoms with E-state index in [-0.39, 0.29) is 12.2 Å². The number of nitrogens with one attached hydrogen (secondary N) is 1. The molecular formula is C21H25N5O4S. The molecule has 3 aromatic rings. The molecule has 9 nitrogen and oxygen atoms in total. The van der Waals surface area contributed by atoms with Gasteiger partial charge in [-0.05, 0) is 37.1 Å². The lowest BCUT2D eigenvalue weighted by atomic mass is 10.1. The van der Waals surface area contributed by atoms with Crippen LogP contribution in [0.15, 0.2) is 24.3 Å². The maximum atomic E-state index is 10.8. The van der Waals surface area contributed by atoms with Crippen molar-refractivity contribution < 1.29 is 14.8 Å². The van der Waals surface area contributed by atoms with E-state index in [2.05, 4.69) is 24.1 Å². The van der Waals surface area contributed by atoms with Gasteiger partial charge in [-0.15, -0.1) is 11.3 Å². The topological polar surface area (TPSA) is 114 Å². The fourth-order valence-electron chi connectivity index (χ4n) is 3.58. The highest BCUT2D eigenvalue weighted by atomic mass is 32.1. The van der Waals surface area contributed by atoms with E-state index in [1.807, 2.05) is 0 Å². The summed E-state index contributed by atoms with van der Waals surface area (Å²) >= 11 is 1.64. The molecule has 3 heterocycles. The van der Waals surface area contributed by atoms with Gasteiger partial charge in [0.05, 0.1) is 36.2 Å². The average Bonchev–Trinajstić information content (AvgIpc) is 3.06. The third-order valence-electron chi connectivity index (χ3n) is 5.50. The number of morpholine rings is 1. The third kappa shape index (κ3) is 4.82. The second-order valence-corrected chi connectivity index (χ2v) is 8.79. The predicted molar refractivity (Wildman–Crippen MR) is 120 cm³/mol. The zero-order chi connectivity index (χ0) is 22.0. The quantitative estimate of drug-likeness (QED) is 0.423. The number of non-ortho nitro benzene ring substituents is 1. The van der Waals surface area contributed by atoms with Crippen LogP contribution in [0.1, 0.15) is 27.9 Å². The number of rotatable bonds is 7. The highest BCUT2D eigenvalue weighted by Crippen LogP contribution is 2.33. The van der Waals surface area contributed by atoms with Crippen molar-refractivity contribution in [2.75, 3.05) is 38.2 Å². The molecule has 2 N–H and O–H groups in total. The zero-order valence-electron chi connectivity index (χ0n) is 17.5. The van der Waals surface area contributed by atoms with Gasteiger partial charge in [-0.3, -0.25) is 15.0 Å². The van der Waals surface area contributed by atoms with Crippen LogP contribution in [0.25, 0.3) is 10.2 Å². The van der Waals surface area contributed by atoms with Crippen molar-refractivity contribution in [3.05, 3.63) is 56.2 Å². The summed E-state index contributed by atoms with van der Waals surface area (Å²) in [7, 11) is 0. The molecular weight excluding hydrogens is 418 g/mol. The van der Waals surface area contributed by atoms with E-state index in [0.717, 1.165) is 34.7 Å². The standard InChI is InChI=1S/C21H25N5O4S/c1-13-14(2)31-21-19(13)20(23-18(24-21)12-25-7-9-30-10-8-25)22-11-17(27)15-3-5-16(6-4-15)26(28)29/h3-6,17,27H,7-12H2,1-2H3,(H,22,23,24). The number of hydrogen-bond donors (Lipinski definition) is 2. The van der Waals surface area contributed by atoms with Gasteiger partial charge in [-0.1, -0.05) is 0 Å². The smallest absolute Gasteiger partial charge is 0.269 e. The molecule has 31 heavy (non-hydrogen) atoms. The van der Waals surface area contributed by atoms with Crippen LogP contribution in [-0.2, 0) is 11.3 Å². The largest absolute Gasteiger partial charge is 0.387 e. The molecule has 1 aliphatic heterocycles. The van der Waals surface area contributed by atoms with Gasteiger partial charge in [0.15, 0.2) is 0 Å². The summed E-state index contributed by atoms with van der Waals surface area (Å²) in [6.45, 7) is 8.13. The Morgan fingerprint density at radius 3 is 2.65 bits per heavy atom. The number of thiophene rings is 1. The molecule has 1 aliphatic rings. The average molecular weight is 444 g/mol. The van der Waals surface area contributed by atoms with Gasteiger partial charge >= 0.3 is 0 Å². The summed E-state index contributed by atoms with van der Waals surface area (Å²) in [5, 5.41) is 25.7. The molecule has 1 aromatic carbocycles. The molecule has 1 saturated heterocycles. The van der Waals surface area contributed by atoms with Crippen molar-refractivity contribution in [3.8, 4) is 0 Å². The lowest BCUT2D eigenvalue weighted by molar-refractivity contribution is -0.384. The Balaban J connectivity index is 1.55. The highest BCUT2D eigenvalue weighted by Gasteiger charge is 2.19. The minimum atomic E-state index is -0.825. The van der Waals surface area contributed by atoms with Gasteiger partial charge in [-0.25, -0.2) is 9.97 Å². The van der Waals surface area contributed by atoms with Gasteiger partial charge in [0, 0.05) is 36.6 Å². The Bertz CT molecular complexity index is 1080. The molecule has 0 aliphatic carbocycles. The summed E-state index contributed by atoms with van der Waals surface area (Å²) in [6, 6.07) is 5.94. The van der Waals surface area contributed by atoms with Crippen molar-refractivity contribution >= 4 is 33.1 Å². The molecule has 0 bridgehead atoms. The van der Waals surface area contributed by atoms with E-state index in [1.165, 1.54) is 17.0 Å². The Morgan fingerprint density at radius 1 is 1.26 bits per heavy atom. The highest BCUT2D eigenvalue weighted by molar-refractivity contribution is 7.18. The Hall–Kier alpha value is -2.66. The number of aliphatic hydroxyl groups excluding tert-OH is 1. The van der Waals surface area contributed by atoms with Gasteiger partial charge in [0.1, 0.15) is 16.5 Å². The first-order valence-corrected chi connectivity index (χ1v) is 11.0. The molecule has 1 atom stereocenters. The first kappa shape index (κ1) is 21.6. The predicted octanol–water partition coefficient (Wildman–Crippen LogP) is 3.19. The van der Waals surface area contributed by atoms with E-state index in [0.29, 0.717) is 31.1 Å². The minimum Gasteiger partial charge on any atom is -0.387 e. The maximum Gasteiger partial charge on any atom is 0.269 e. The first-order valence-electron chi connectivity index (χ1n) is 10.2. The molecule has 10 heteroatoms. The summed E-state index contributed by atoms with van der Waals surface area (Å²) in [5.41, 5.74) is 1.74. The number of nitro benzene ring substituents is 1. The number of aliphatic hydroxyl groups is 1. The van der Waals surface area contributed by atoms with Crippen LogP contribution in [0, 0.1) is 24.0 Å². The van der Waals surface area contributed by atoms with E-state index >= 15 is 0 Å². The van der Waals surface area contributed by atoms with E-state index < -0.39 is 11.0 Å². The fourth-order valence-corrected chi connectivity index (χ4v) is 4.63. The second-order valence-electron chi connectivity index (χ2n) is 7.59. The molecule has 2 aromatic heterocycles. The Kier molecular flexibility index (Phi) is 6.42. The number of aryl methyl sites for hydroxylation is 2. The van der Waals surface area contributed by atoms with Gasteiger partial charge in [0.25, 0.3) is 5.69 Å². The zero-order valence-corrected chi connectivity index (χ0v) is 18.3. The molecule has 164 valence electrons. The Labute approximate surface area is 183 Å². The van der Waals surface area contributed by atoms with Crippen molar-refractivity contribution in [1.82, 2.24) is 14.9 Å². The van der Waals surface area contributed by atoms with Crippen LogP contribution >= 0.6 is 11.3 Å². The molecule has 0 saturated carbocycles. The molecule has 0 spiro atoms. The summed E-state index contributed by atoms with van der Waals surface area (Å²) in [6.07, 6.45) is -0.825. The maximum absolute atomic E-state index is 10.8. The van der Waals surface area contributed by atoms with E-state index in [1.54, 1.807) is 23.5 Å². The van der Waals surface area contributed by atoms with Crippen molar-refractivity contribution in [2.45, 2.75) is 26.5 Å². The molecule has 0 radical (unpaired) electrons. The third-order valence-corrected chi connectivity index (χ3v) is 6.60. The van der Waals surface area contributed by atoms with E-state index in [9.17, 15) is 15.2 Å². The van der Waals surface area contributed by atoms with Crippen LogP contribution < -0.4 is 5.32 Å². The molecule has 1 fully saturated rings. The SMILES string of the molecule is Cc1sc2nc(CN3CCOCC3)nc(NCC(O)c3ccc([N+](=O)[O-])cc3)c2c1C. The summed E-state index contributed by atoms with van der Waals surface area (Å²) < 4.78 is 5.42. The monoisotopic (exact) mass is 443 g/mol. The summed E-state index contributed by atoms with van der Waals surface area (Å²) in [4.78, 5) is 24.3.